The van der Waals surface area contributed by atoms with Crippen LogP contribution in [-0.2, 0) is 10.0 Å². The zero-order valence-corrected chi connectivity index (χ0v) is 25.0. The van der Waals surface area contributed by atoms with Crippen LogP contribution in [0.1, 0.15) is 5.56 Å². The number of aromatic nitrogens is 4. The fraction of sp³-hybridized carbons (Fsp3) is 0.172. The molecule has 0 radical (unpaired) electrons. The van der Waals surface area contributed by atoms with Gasteiger partial charge < -0.3 is 14.4 Å². The standard InChI is InChI=1S/C29H27BrN6O4S/c1-19-10-12-20(13-11-19)26-27(33-18-34-28(26)39-14-15-40-29-31-16-21(30)17-32-29)35-41(37,38)25-9-5-6-22-23(25)7-4-8-24(22)36(2)3/h4-13,16-18H,14-15H2,1-3H3,(H,33,34,35). The molecule has 0 amide bonds. The first kappa shape index (κ1) is 28.2. The lowest BCUT2D eigenvalue weighted by Gasteiger charge is -2.18. The first-order valence-electron chi connectivity index (χ1n) is 12.6. The smallest absolute Gasteiger partial charge is 0.316 e. The van der Waals surface area contributed by atoms with Gasteiger partial charge in [-0.05, 0) is 40.5 Å². The Labute approximate surface area is 246 Å². The van der Waals surface area contributed by atoms with Crippen LogP contribution in [0.2, 0.25) is 0 Å². The van der Waals surface area contributed by atoms with Crippen LogP contribution < -0.4 is 19.1 Å². The monoisotopic (exact) mass is 634 g/mol. The van der Waals surface area contributed by atoms with Crippen molar-refractivity contribution in [2.45, 2.75) is 11.8 Å². The van der Waals surface area contributed by atoms with Crippen LogP contribution in [0.4, 0.5) is 11.5 Å². The van der Waals surface area contributed by atoms with Gasteiger partial charge in [0.2, 0.25) is 5.88 Å². The second-order valence-corrected chi connectivity index (χ2v) is 11.8. The van der Waals surface area contributed by atoms with E-state index in [2.05, 4.69) is 40.6 Å². The van der Waals surface area contributed by atoms with E-state index in [0.29, 0.717) is 16.5 Å². The molecule has 10 nitrogen and oxygen atoms in total. The summed E-state index contributed by atoms with van der Waals surface area (Å²) in [5.41, 5.74) is 3.05. The SMILES string of the molecule is Cc1ccc(-c2c(NS(=O)(=O)c3cccc4c(N(C)C)cccc34)ncnc2OCCOc2ncc(Br)cn2)cc1. The molecule has 0 unspecified atom stereocenters. The van der Waals surface area contributed by atoms with E-state index in [4.69, 9.17) is 9.47 Å². The highest BCUT2D eigenvalue weighted by molar-refractivity contribution is 9.10. The molecule has 2 aromatic heterocycles. The second kappa shape index (κ2) is 12.1. The van der Waals surface area contributed by atoms with E-state index in [9.17, 15) is 8.42 Å². The van der Waals surface area contributed by atoms with Crippen LogP contribution in [0.5, 0.6) is 11.9 Å². The van der Waals surface area contributed by atoms with E-state index in [1.807, 2.05) is 68.4 Å². The van der Waals surface area contributed by atoms with Crippen molar-refractivity contribution in [1.29, 1.82) is 0 Å². The number of anilines is 2. The van der Waals surface area contributed by atoms with Crippen molar-refractivity contribution in [3.8, 4) is 23.0 Å². The van der Waals surface area contributed by atoms with Gasteiger partial charge in [-0.3, -0.25) is 4.72 Å². The van der Waals surface area contributed by atoms with Crippen molar-refractivity contribution < 1.29 is 17.9 Å². The van der Waals surface area contributed by atoms with E-state index >= 15 is 0 Å². The van der Waals surface area contributed by atoms with Gasteiger partial charge in [-0.25, -0.2) is 28.4 Å². The number of benzene rings is 3. The Morgan fingerprint density at radius 2 is 1.54 bits per heavy atom. The van der Waals surface area contributed by atoms with Gasteiger partial charge in [0.15, 0.2) is 5.82 Å². The topological polar surface area (TPSA) is 119 Å². The number of rotatable bonds is 10. The number of ether oxygens (including phenoxy) is 2. The molecule has 0 saturated carbocycles. The molecular weight excluding hydrogens is 608 g/mol. The molecule has 0 bridgehead atoms. The minimum atomic E-state index is -4.06. The second-order valence-electron chi connectivity index (χ2n) is 9.28. The molecule has 1 N–H and O–H groups in total. The lowest BCUT2D eigenvalue weighted by Crippen LogP contribution is -2.17. The minimum Gasteiger partial charge on any atom is -0.473 e. The first-order valence-corrected chi connectivity index (χ1v) is 14.9. The fourth-order valence-electron chi connectivity index (χ4n) is 4.25. The number of sulfonamides is 1. The molecule has 5 aromatic rings. The number of halogens is 1. The number of aryl methyl sites for hydroxylation is 1. The molecule has 0 atom stereocenters. The lowest BCUT2D eigenvalue weighted by molar-refractivity contribution is 0.202. The maximum absolute atomic E-state index is 13.8. The maximum Gasteiger partial charge on any atom is 0.316 e. The molecule has 210 valence electrons. The molecule has 3 aromatic carbocycles. The van der Waals surface area contributed by atoms with Gasteiger partial charge in [0.25, 0.3) is 10.0 Å². The quantitative estimate of drug-likeness (QED) is 0.199. The lowest BCUT2D eigenvalue weighted by atomic mass is 10.1. The summed E-state index contributed by atoms with van der Waals surface area (Å²) in [6.07, 6.45) is 4.42. The third-order valence-corrected chi connectivity index (χ3v) is 7.97. The minimum absolute atomic E-state index is 0.0942. The molecule has 12 heteroatoms. The summed E-state index contributed by atoms with van der Waals surface area (Å²) in [4.78, 5) is 18.9. The summed E-state index contributed by atoms with van der Waals surface area (Å²) in [6, 6.07) is 18.6. The Balaban J connectivity index is 1.48. The van der Waals surface area contributed by atoms with Gasteiger partial charge in [-0.2, -0.15) is 0 Å². The van der Waals surface area contributed by atoms with Crippen LogP contribution in [0.25, 0.3) is 21.9 Å². The molecule has 0 spiro atoms. The predicted octanol–water partition coefficient (Wildman–Crippen LogP) is 5.48. The van der Waals surface area contributed by atoms with Gasteiger partial charge in [0, 0.05) is 42.9 Å². The van der Waals surface area contributed by atoms with E-state index in [-0.39, 0.29) is 35.8 Å². The van der Waals surface area contributed by atoms with Crippen molar-refractivity contribution in [1.82, 2.24) is 19.9 Å². The first-order chi connectivity index (χ1) is 19.7. The van der Waals surface area contributed by atoms with Crippen LogP contribution in [0.15, 0.2) is 88.8 Å². The molecule has 0 saturated heterocycles. The average molecular weight is 636 g/mol. The highest BCUT2D eigenvalue weighted by Crippen LogP contribution is 2.36. The Hall–Kier alpha value is -4.29. The van der Waals surface area contributed by atoms with Crippen LogP contribution in [-0.4, -0.2) is 55.7 Å². The fourth-order valence-corrected chi connectivity index (χ4v) is 5.70. The molecular formula is C29H27BrN6O4S. The normalized spacial score (nSPS) is 11.3. The average Bonchev–Trinajstić information content (AvgIpc) is 2.96. The van der Waals surface area contributed by atoms with Crippen LogP contribution >= 0.6 is 15.9 Å². The predicted molar refractivity (Wildman–Crippen MR) is 162 cm³/mol. The number of hydrogen-bond acceptors (Lipinski definition) is 9. The van der Waals surface area contributed by atoms with Crippen LogP contribution in [0.3, 0.4) is 0 Å². The third-order valence-electron chi connectivity index (χ3n) is 6.16. The third kappa shape index (κ3) is 6.39. The Morgan fingerprint density at radius 3 is 2.27 bits per heavy atom. The molecule has 0 aliphatic carbocycles. The van der Waals surface area contributed by atoms with Gasteiger partial charge in [-0.1, -0.05) is 54.1 Å². The molecule has 0 aliphatic heterocycles. The summed E-state index contributed by atoms with van der Waals surface area (Å²) in [6.45, 7) is 2.22. The zero-order valence-electron chi connectivity index (χ0n) is 22.6. The summed E-state index contributed by atoms with van der Waals surface area (Å²) in [7, 11) is -0.226. The molecule has 5 rings (SSSR count). The van der Waals surface area contributed by atoms with Gasteiger partial charge in [0.05, 0.1) is 14.9 Å². The van der Waals surface area contributed by atoms with E-state index in [0.717, 1.165) is 21.1 Å². The highest BCUT2D eigenvalue weighted by Gasteiger charge is 2.23. The Bertz CT molecular complexity index is 1780. The van der Waals surface area contributed by atoms with E-state index in [1.165, 1.54) is 6.33 Å². The summed E-state index contributed by atoms with van der Waals surface area (Å²) < 4.78 is 42.6. The maximum atomic E-state index is 13.8. The summed E-state index contributed by atoms with van der Waals surface area (Å²) in [5, 5.41) is 1.42. The Kier molecular flexibility index (Phi) is 8.31. The molecule has 41 heavy (non-hydrogen) atoms. The van der Waals surface area contributed by atoms with Crippen molar-refractivity contribution in [3.05, 3.63) is 89.4 Å². The molecule has 2 heterocycles. The van der Waals surface area contributed by atoms with E-state index in [1.54, 1.807) is 30.6 Å². The van der Waals surface area contributed by atoms with Gasteiger partial charge in [-0.15, -0.1) is 0 Å². The highest BCUT2D eigenvalue weighted by atomic mass is 79.9. The molecule has 0 fully saturated rings. The molecule has 0 aliphatic rings. The number of nitrogens with one attached hydrogen (secondary N) is 1. The zero-order chi connectivity index (χ0) is 29.0. The van der Waals surface area contributed by atoms with Crippen molar-refractivity contribution in [3.63, 3.8) is 0 Å². The largest absolute Gasteiger partial charge is 0.473 e. The van der Waals surface area contributed by atoms with Gasteiger partial charge in [0.1, 0.15) is 19.5 Å². The summed E-state index contributed by atoms with van der Waals surface area (Å²) in [5.74, 6) is 0.298. The van der Waals surface area contributed by atoms with Gasteiger partial charge >= 0.3 is 6.01 Å². The van der Waals surface area contributed by atoms with Crippen LogP contribution in [0, 0.1) is 6.92 Å². The van der Waals surface area contributed by atoms with Crippen molar-refractivity contribution in [2.24, 2.45) is 0 Å². The van der Waals surface area contributed by atoms with E-state index < -0.39 is 10.0 Å². The van der Waals surface area contributed by atoms with Crippen molar-refractivity contribution in [2.75, 3.05) is 36.9 Å². The summed E-state index contributed by atoms with van der Waals surface area (Å²) >= 11 is 3.29. The number of hydrogen-bond donors (Lipinski definition) is 1. The Morgan fingerprint density at radius 1 is 0.854 bits per heavy atom. The van der Waals surface area contributed by atoms with Crippen molar-refractivity contribution >= 4 is 48.2 Å². The number of fused-ring (bicyclic) bond motifs is 1. The number of nitrogens with zero attached hydrogens (tertiary/aromatic N) is 5.